The standard InChI is InChI=1S/C11H12N4/c12-15-11(9-4-7-13-8-5-9)10-3-1-2-6-14-10/h1-8,11,15H,12H2/t11-/m1/s1. The molecule has 2 aromatic rings. The first kappa shape index (κ1) is 9.76. The van der Waals surface area contributed by atoms with Gasteiger partial charge in [0.15, 0.2) is 0 Å². The van der Waals surface area contributed by atoms with Crippen LogP contribution < -0.4 is 11.3 Å². The van der Waals surface area contributed by atoms with Gasteiger partial charge < -0.3 is 0 Å². The van der Waals surface area contributed by atoms with Gasteiger partial charge >= 0.3 is 0 Å². The molecule has 0 fully saturated rings. The molecule has 0 radical (unpaired) electrons. The van der Waals surface area contributed by atoms with Gasteiger partial charge in [-0.1, -0.05) is 6.07 Å². The zero-order valence-electron chi connectivity index (χ0n) is 8.17. The molecule has 2 aromatic heterocycles. The monoisotopic (exact) mass is 200 g/mol. The fourth-order valence-electron chi connectivity index (χ4n) is 1.45. The second kappa shape index (κ2) is 4.63. The lowest BCUT2D eigenvalue weighted by molar-refractivity contribution is 0.620. The average molecular weight is 200 g/mol. The quantitative estimate of drug-likeness (QED) is 0.573. The Hall–Kier alpha value is -1.78. The second-order valence-corrected chi connectivity index (χ2v) is 3.13. The van der Waals surface area contributed by atoms with Crippen LogP contribution in [0.4, 0.5) is 0 Å². The Bertz CT molecular complexity index is 362. The van der Waals surface area contributed by atoms with E-state index < -0.39 is 0 Å². The number of hydrazine groups is 1. The molecule has 0 aliphatic carbocycles. The lowest BCUT2D eigenvalue weighted by Crippen LogP contribution is -2.29. The number of nitrogens with two attached hydrogens (primary N) is 1. The molecule has 4 heteroatoms. The SMILES string of the molecule is NN[C@H](c1ccncc1)c1ccccn1. The van der Waals surface area contributed by atoms with Crippen molar-refractivity contribution in [2.24, 2.45) is 5.84 Å². The van der Waals surface area contributed by atoms with Gasteiger partial charge in [-0.25, -0.2) is 5.43 Å². The van der Waals surface area contributed by atoms with E-state index in [1.165, 1.54) is 0 Å². The summed E-state index contributed by atoms with van der Waals surface area (Å²) in [7, 11) is 0. The van der Waals surface area contributed by atoms with E-state index in [1.54, 1.807) is 18.6 Å². The molecule has 3 N–H and O–H groups in total. The van der Waals surface area contributed by atoms with Gasteiger partial charge in [0.25, 0.3) is 0 Å². The van der Waals surface area contributed by atoms with Gasteiger partial charge in [-0.3, -0.25) is 15.8 Å². The molecular formula is C11H12N4. The van der Waals surface area contributed by atoms with Crippen LogP contribution in [0.1, 0.15) is 17.3 Å². The van der Waals surface area contributed by atoms with E-state index in [9.17, 15) is 0 Å². The van der Waals surface area contributed by atoms with Crippen molar-refractivity contribution in [3.8, 4) is 0 Å². The molecule has 15 heavy (non-hydrogen) atoms. The van der Waals surface area contributed by atoms with Crippen molar-refractivity contribution in [3.05, 3.63) is 60.2 Å². The van der Waals surface area contributed by atoms with Gasteiger partial charge in [0.2, 0.25) is 0 Å². The van der Waals surface area contributed by atoms with Crippen LogP contribution in [0, 0.1) is 0 Å². The normalized spacial score (nSPS) is 12.3. The Morgan fingerprint density at radius 2 is 1.87 bits per heavy atom. The van der Waals surface area contributed by atoms with E-state index >= 15 is 0 Å². The highest BCUT2D eigenvalue weighted by Gasteiger charge is 2.12. The van der Waals surface area contributed by atoms with E-state index in [4.69, 9.17) is 5.84 Å². The summed E-state index contributed by atoms with van der Waals surface area (Å²) in [5.41, 5.74) is 4.69. The summed E-state index contributed by atoms with van der Waals surface area (Å²) < 4.78 is 0. The molecule has 0 saturated heterocycles. The van der Waals surface area contributed by atoms with E-state index in [0.29, 0.717) is 0 Å². The molecule has 0 unspecified atom stereocenters. The summed E-state index contributed by atoms with van der Waals surface area (Å²) in [5, 5.41) is 0. The number of nitrogens with one attached hydrogen (secondary N) is 1. The van der Waals surface area contributed by atoms with Crippen LogP contribution in [0.25, 0.3) is 0 Å². The topological polar surface area (TPSA) is 63.8 Å². The molecule has 0 saturated carbocycles. The fourth-order valence-corrected chi connectivity index (χ4v) is 1.45. The summed E-state index contributed by atoms with van der Waals surface area (Å²) in [6, 6.07) is 9.50. The number of hydrogen-bond donors (Lipinski definition) is 2. The number of aromatic nitrogens is 2. The zero-order valence-corrected chi connectivity index (χ0v) is 8.17. The van der Waals surface area contributed by atoms with Crippen molar-refractivity contribution in [2.45, 2.75) is 6.04 Å². The van der Waals surface area contributed by atoms with Crippen molar-refractivity contribution in [2.75, 3.05) is 0 Å². The summed E-state index contributed by atoms with van der Waals surface area (Å²) in [5.74, 6) is 5.53. The van der Waals surface area contributed by atoms with Crippen molar-refractivity contribution < 1.29 is 0 Å². The first-order valence-corrected chi connectivity index (χ1v) is 4.69. The number of pyridine rings is 2. The van der Waals surface area contributed by atoms with Crippen molar-refractivity contribution in [3.63, 3.8) is 0 Å². The number of hydrogen-bond acceptors (Lipinski definition) is 4. The highest BCUT2D eigenvalue weighted by atomic mass is 15.2. The molecule has 76 valence electrons. The van der Waals surface area contributed by atoms with Gasteiger partial charge in [0.05, 0.1) is 11.7 Å². The highest BCUT2D eigenvalue weighted by molar-refractivity contribution is 5.25. The first-order chi connectivity index (χ1) is 7.42. The van der Waals surface area contributed by atoms with Crippen LogP contribution in [0.2, 0.25) is 0 Å². The maximum absolute atomic E-state index is 5.53. The van der Waals surface area contributed by atoms with E-state index in [-0.39, 0.29) is 6.04 Å². The second-order valence-electron chi connectivity index (χ2n) is 3.13. The van der Waals surface area contributed by atoms with Gasteiger partial charge in [-0.15, -0.1) is 0 Å². The Labute approximate surface area is 88.2 Å². The molecular weight excluding hydrogens is 188 g/mol. The minimum Gasteiger partial charge on any atom is -0.271 e. The van der Waals surface area contributed by atoms with Crippen molar-refractivity contribution in [1.29, 1.82) is 0 Å². The lowest BCUT2D eigenvalue weighted by atomic mass is 10.1. The molecule has 1 atom stereocenters. The minimum atomic E-state index is -0.0887. The van der Waals surface area contributed by atoms with Crippen LogP contribution in [-0.2, 0) is 0 Å². The van der Waals surface area contributed by atoms with Crippen LogP contribution in [-0.4, -0.2) is 9.97 Å². The molecule has 0 spiro atoms. The molecule has 4 nitrogen and oxygen atoms in total. The number of nitrogens with zero attached hydrogens (tertiary/aromatic N) is 2. The van der Waals surface area contributed by atoms with Crippen molar-refractivity contribution in [1.82, 2.24) is 15.4 Å². The highest BCUT2D eigenvalue weighted by Crippen LogP contribution is 2.17. The predicted octanol–water partition coefficient (Wildman–Crippen LogP) is 1.03. The molecule has 0 aliphatic heterocycles. The Kier molecular flexibility index (Phi) is 3.02. The van der Waals surface area contributed by atoms with Gasteiger partial charge in [0, 0.05) is 18.6 Å². The van der Waals surface area contributed by atoms with Gasteiger partial charge in [-0.2, -0.15) is 0 Å². The maximum Gasteiger partial charge on any atom is 0.0882 e. The molecule has 0 bridgehead atoms. The molecule has 2 rings (SSSR count). The summed E-state index contributed by atoms with van der Waals surface area (Å²) >= 11 is 0. The number of rotatable bonds is 3. The largest absolute Gasteiger partial charge is 0.271 e. The van der Waals surface area contributed by atoms with E-state index in [0.717, 1.165) is 11.3 Å². The van der Waals surface area contributed by atoms with Crippen LogP contribution in [0.3, 0.4) is 0 Å². The fraction of sp³-hybridized carbons (Fsp3) is 0.0909. The third-order valence-electron chi connectivity index (χ3n) is 2.19. The third kappa shape index (κ3) is 2.18. The smallest absolute Gasteiger partial charge is 0.0882 e. The minimum absolute atomic E-state index is 0.0887. The molecule has 0 amide bonds. The zero-order chi connectivity index (χ0) is 10.5. The summed E-state index contributed by atoms with van der Waals surface area (Å²) in [6.45, 7) is 0. The van der Waals surface area contributed by atoms with E-state index in [1.807, 2.05) is 30.3 Å². The van der Waals surface area contributed by atoms with E-state index in [2.05, 4.69) is 15.4 Å². The first-order valence-electron chi connectivity index (χ1n) is 4.69. The Morgan fingerprint density at radius 1 is 1.07 bits per heavy atom. The molecule has 2 heterocycles. The van der Waals surface area contributed by atoms with Crippen LogP contribution >= 0.6 is 0 Å². The summed E-state index contributed by atoms with van der Waals surface area (Å²) in [4.78, 5) is 8.23. The third-order valence-corrected chi connectivity index (χ3v) is 2.19. The van der Waals surface area contributed by atoms with Gasteiger partial charge in [0.1, 0.15) is 0 Å². The molecule has 0 aliphatic rings. The Morgan fingerprint density at radius 3 is 2.47 bits per heavy atom. The van der Waals surface area contributed by atoms with Gasteiger partial charge in [-0.05, 0) is 29.8 Å². The maximum atomic E-state index is 5.53. The predicted molar refractivity (Wildman–Crippen MR) is 57.6 cm³/mol. The van der Waals surface area contributed by atoms with Crippen LogP contribution in [0.5, 0.6) is 0 Å². The average Bonchev–Trinajstić information content (AvgIpc) is 2.33. The van der Waals surface area contributed by atoms with Crippen molar-refractivity contribution >= 4 is 0 Å². The Balaban J connectivity index is 2.34. The summed E-state index contributed by atoms with van der Waals surface area (Å²) in [6.07, 6.45) is 5.23. The molecule has 0 aromatic carbocycles. The van der Waals surface area contributed by atoms with Crippen LogP contribution in [0.15, 0.2) is 48.9 Å². The lowest BCUT2D eigenvalue weighted by Gasteiger charge is -2.14.